The van der Waals surface area contributed by atoms with E-state index < -0.39 is 6.09 Å². The Morgan fingerprint density at radius 3 is 2.57 bits per heavy atom. The molecule has 6 nitrogen and oxygen atoms in total. The number of imide groups is 1. The minimum absolute atomic E-state index is 0.0926. The van der Waals surface area contributed by atoms with Crippen molar-refractivity contribution in [3.05, 3.63) is 34.3 Å². The van der Waals surface area contributed by atoms with Gasteiger partial charge in [-0.2, -0.15) is 0 Å². The first-order valence-corrected chi connectivity index (χ1v) is 7.39. The van der Waals surface area contributed by atoms with E-state index in [1.807, 2.05) is 12.1 Å². The summed E-state index contributed by atoms with van der Waals surface area (Å²) in [4.78, 5) is 38.3. The molecule has 21 heavy (non-hydrogen) atoms. The van der Waals surface area contributed by atoms with Gasteiger partial charge in [0.1, 0.15) is 0 Å². The van der Waals surface area contributed by atoms with Crippen LogP contribution in [-0.2, 0) is 9.53 Å². The van der Waals surface area contributed by atoms with Crippen molar-refractivity contribution in [2.75, 3.05) is 19.7 Å². The fourth-order valence-corrected chi connectivity index (χ4v) is 2.89. The van der Waals surface area contributed by atoms with Crippen LogP contribution >= 0.6 is 15.9 Å². The summed E-state index contributed by atoms with van der Waals surface area (Å²) in [7, 11) is 0. The lowest BCUT2D eigenvalue weighted by Gasteiger charge is -2.20. The largest absolute Gasteiger partial charge is 0.439 e. The number of ether oxygens (including phenoxy) is 1. The molecule has 0 unspecified atom stereocenters. The molecule has 2 saturated heterocycles. The third-order valence-electron chi connectivity index (χ3n) is 3.69. The molecule has 0 radical (unpaired) electrons. The van der Waals surface area contributed by atoms with Gasteiger partial charge in [-0.1, -0.05) is 15.9 Å². The monoisotopic (exact) mass is 352 g/mol. The highest BCUT2D eigenvalue weighted by molar-refractivity contribution is 9.10. The number of hydrogen-bond donors (Lipinski definition) is 0. The quantitative estimate of drug-likeness (QED) is 0.811. The molecule has 2 fully saturated rings. The van der Waals surface area contributed by atoms with Crippen LogP contribution < -0.4 is 0 Å². The normalized spacial score (nSPS) is 21.9. The summed E-state index contributed by atoms with van der Waals surface area (Å²) >= 11 is 3.33. The Morgan fingerprint density at radius 2 is 1.95 bits per heavy atom. The van der Waals surface area contributed by atoms with E-state index in [-0.39, 0.29) is 24.5 Å². The highest BCUT2D eigenvalue weighted by Gasteiger charge is 2.41. The zero-order valence-corrected chi connectivity index (χ0v) is 12.7. The average molecular weight is 353 g/mol. The number of cyclic esters (lactones) is 1. The highest BCUT2D eigenvalue weighted by atomic mass is 79.9. The molecular weight excluding hydrogens is 340 g/mol. The van der Waals surface area contributed by atoms with E-state index in [1.165, 1.54) is 0 Å². The molecule has 0 N–H and O–H groups in total. The molecule has 2 aliphatic rings. The highest BCUT2D eigenvalue weighted by Crippen LogP contribution is 2.22. The van der Waals surface area contributed by atoms with E-state index in [2.05, 4.69) is 15.9 Å². The summed E-state index contributed by atoms with van der Waals surface area (Å²) in [6.45, 7) is 0.683. The average Bonchev–Trinajstić information content (AvgIpc) is 3.06. The fraction of sp³-hybridized carbons (Fsp3) is 0.357. The van der Waals surface area contributed by atoms with Gasteiger partial charge in [-0.3, -0.25) is 9.59 Å². The number of benzene rings is 1. The first kappa shape index (κ1) is 14.1. The standard InChI is InChI=1S/C14H13BrN2O4/c15-10-3-1-9(2-4-10)13(19)16-6-5-11(7-16)17-12(18)8-21-14(17)20/h1-4,11H,5-8H2/t11-/m0/s1. The van der Waals surface area contributed by atoms with E-state index in [9.17, 15) is 14.4 Å². The predicted octanol–water partition coefficient (Wildman–Crippen LogP) is 1.64. The molecule has 0 aliphatic carbocycles. The van der Waals surface area contributed by atoms with Gasteiger partial charge < -0.3 is 9.64 Å². The summed E-state index contributed by atoms with van der Waals surface area (Å²) in [5, 5.41) is 0. The summed E-state index contributed by atoms with van der Waals surface area (Å²) in [5.74, 6) is -0.423. The lowest BCUT2D eigenvalue weighted by atomic mass is 10.2. The number of rotatable bonds is 2. The third-order valence-corrected chi connectivity index (χ3v) is 4.22. The number of nitrogens with zero attached hydrogens (tertiary/aromatic N) is 2. The van der Waals surface area contributed by atoms with E-state index in [4.69, 9.17) is 4.74 Å². The van der Waals surface area contributed by atoms with Gasteiger partial charge in [-0.15, -0.1) is 0 Å². The molecule has 1 aromatic carbocycles. The molecule has 1 atom stereocenters. The topological polar surface area (TPSA) is 66.9 Å². The minimum atomic E-state index is -0.608. The van der Waals surface area contributed by atoms with Crippen LogP contribution in [0.15, 0.2) is 28.7 Å². The molecular formula is C14H13BrN2O4. The van der Waals surface area contributed by atoms with Crippen LogP contribution in [0, 0.1) is 0 Å². The Hall–Kier alpha value is -1.89. The Morgan fingerprint density at radius 1 is 1.24 bits per heavy atom. The number of hydrogen-bond acceptors (Lipinski definition) is 4. The van der Waals surface area contributed by atoms with Gasteiger partial charge in [0.05, 0.1) is 6.04 Å². The molecule has 0 spiro atoms. The fourth-order valence-electron chi connectivity index (χ4n) is 2.63. The van der Waals surface area contributed by atoms with Gasteiger partial charge in [0.15, 0.2) is 6.61 Å². The van der Waals surface area contributed by atoms with Crippen molar-refractivity contribution >= 4 is 33.8 Å². The van der Waals surface area contributed by atoms with Crippen LogP contribution in [0.3, 0.4) is 0 Å². The molecule has 2 heterocycles. The van der Waals surface area contributed by atoms with Crippen molar-refractivity contribution in [2.24, 2.45) is 0 Å². The van der Waals surface area contributed by atoms with Crippen LogP contribution in [0.25, 0.3) is 0 Å². The molecule has 0 saturated carbocycles. The van der Waals surface area contributed by atoms with E-state index in [1.54, 1.807) is 17.0 Å². The molecule has 1 aromatic rings. The Kier molecular flexibility index (Phi) is 3.67. The van der Waals surface area contributed by atoms with Gasteiger partial charge in [0.2, 0.25) is 0 Å². The first-order valence-electron chi connectivity index (χ1n) is 6.60. The number of halogens is 1. The smallest absolute Gasteiger partial charge is 0.417 e. The lowest BCUT2D eigenvalue weighted by molar-refractivity contribution is -0.127. The lowest BCUT2D eigenvalue weighted by Crippen LogP contribution is -2.42. The maximum absolute atomic E-state index is 12.4. The molecule has 7 heteroatoms. The second-order valence-corrected chi connectivity index (χ2v) is 5.93. The van der Waals surface area contributed by atoms with Crippen LogP contribution in [-0.4, -0.2) is 53.4 Å². The molecule has 110 valence electrons. The first-order chi connectivity index (χ1) is 10.1. The summed E-state index contributed by atoms with van der Waals surface area (Å²) in [5.41, 5.74) is 0.592. The second-order valence-electron chi connectivity index (χ2n) is 5.02. The predicted molar refractivity (Wildman–Crippen MR) is 76.6 cm³/mol. The van der Waals surface area contributed by atoms with Gasteiger partial charge in [-0.05, 0) is 30.7 Å². The summed E-state index contributed by atoms with van der Waals surface area (Å²) < 4.78 is 5.62. The van der Waals surface area contributed by atoms with Crippen molar-refractivity contribution in [1.82, 2.24) is 9.80 Å². The molecule has 0 bridgehead atoms. The van der Waals surface area contributed by atoms with Crippen molar-refractivity contribution in [3.8, 4) is 0 Å². The van der Waals surface area contributed by atoms with Crippen LogP contribution in [0.2, 0.25) is 0 Å². The van der Waals surface area contributed by atoms with Crippen molar-refractivity contribution in [3.63, 3.8) is 0 Å². The van der Waals surface area contributed by atoms with Crippen molar-refractivity contribution < 1.29 is 19.1 Å². The Labute approximate surface area is 129 Å². The Bertz CT molecular complexity index is 585. The number of amides is 3. The molecule has 2 aliphatic heterocycles. The Balaban J connectivity index is 1.69. The van der Waals surface area contributed by atoms with Crippen molar-refractivity contribution in [1.29, 1.82) is 0 Å². The molecule has 0 aromatic heterocycles. The van der Waals surface area contributed by atoms with E-state index >= 15 is 0 Å². The molecule has 3 rings (SSSR count). The van der Waals surface area contributed by atoms with E-state index in [0.29, 0.717) is 25.1 Å². The summed E-state index contributed by atoms with van der Waals surface area (Å²) in [6, 6.07) is 6.82. The van der Waals surface area contributed by atoms with E-state index in [0.717, 1.165) is 9.37 Å². The SMILES string of the molecule is O=C(c1ccc(Br)cc1)N1CC[C@H](N2C(=O)COC2=O)C1. The number of likely N-dealkylation sites (tertiary alicyclic amines) is 1. The van der Waals surface area contributed by atoms with Gasteiger partial charge in [0.25, 0.3) is 11.8 Å². The molecule has 3 amide bonds. The van der Waals surface area contributed by atoms with Gasteiger partial charge >= 0.3 is 6.09 Å². The number of carbonyl (C=O) groups excluding carboxylic acids is 3. The number of carbonyl (C=O) groups is 3. The second kappa shape index (κ2) is 5.48. The van der Waals surface area contributed by atoms with Crippen LogP contribution in [0.1, 0.15) is 16.8 Å². The minimum Gasteiger partial charge on any atom is -0.439 e. The zero-order valence-electron chi connectivity index (χ0n) is 11.1. The van der Waals surface area contributed by atoms with Crippen molar-refractivity contribution in [2.45, 2.75) is 12.5 Å². The van der Waals surface area contributed by atoms with Crippen LogP contribution in [0.5, 0.6) is 0 Å². The van der Waals surface area contributed by atoms with Crippen LogP contribution in [0.4, 0.5) is 4.79 Å². The summed E-state index contributed by atoms with van der Waals surface area (Å²) in [6.07, 6.45) is -0.0220. The maximum atomic E-state index is 12.4. The van der Waals surface area contributed by atoms with Gasteiger partial charge in [-0.25, -0.2) is 9.69 Å². The third kappa shape index (κ3) is 2.65. The maximum Gasteiger partial charge on any atom is 0.417 e. The zero-order chi connectivity index (χ0) is 15.0. The van der Waals surface area contributed by atoms with Gasteiger partial charge in [0, 0.05) is 23.1 Å².